The molecule has 3 rings (SSSR count). The number of halogens is 1. The summed E-state index contributed by atoms with van der Waals surface area (Å²) in [6.07, 6.45) is 6.32. The fraction of sp³-hybridized carbons (Fsp3) is 0.833. The van der Waals surface area contributed by atoms with E-state index in [2.05, 4.69) is 15.5 Å². The van der Waals surface area contributed by atoms with Gasteiger partial charge in [0.15, 0.2) is 0 Å². The van der Waals surface area contributed by atoms with Crippen molar-refractivity contribution in [1.82, 2.24) is 10.2 Å². The van der Waals surface area contributed by atoms with Gasteiger partial charge in [0.05, 0.1) is 0 Å². The number of aromatic nitrogens is 2. The second kappa shape index (κ2) is 4.84. The van der Waals surface area contributed by atoms with Crippen LogP contribution < -0.4 is 5.32 Å². The Kier molecular flexibility index (Phi) is 3.23. The average molecular weight is 256 g/mol. The molecule has 2 aliphatic carbocycles. The molecule has 1 aromatic rings. The average Bonchev–Trinajstić information content (AvgIpc) is 3.02. The zero-order valence-electron chi connectivity index (χ0n) is 9.86. The number of alkyl halides is 1. The number of hydrogen-bond donors (Lipinski definition) is 1. The van der Waals surface area contributed by atoms with Crippen LogP contribution in [0.4, 0.5) is 6.01 Å². The Morgan fingerprint density at radius 3 is 2.94 bits per heavy atom. The number of nitrogens with zero attached hydrogens (tertiary/aromatic N) is 2. The van der Waals surface area contributed by atoms with Gasteiger partial charge in [0.25, 0.3) is 0 Å². The Hall–Kier alpha value is -0.770. The molecular formula is C12H18ClN3O. The van der Waals surface area contributed by atoms with Crippen molar-refractivity contribution in [1.29, 1.82) is 0 Å². The van der Waals surface area contributed by atoms with Gasteiger partial charge < -0.3 is 9.73 Å². The molecule has 0 aliphatic heterocycles. The van der Waals surface area contributed by atoms with Crippen LogP contribution in [0.2, 0.25) is 0 Å². The predicted molar refractivity (Wildman–Crippen MR) is 66.1 cm³/mol. The van der Waals surface area contributed by atoms with Crippen LogP contribution in [0, 0.1) is 17.8 Å². The van der Waals surface area contributed by atoms with E-state index < -0.39 is 0 Å². The molecule has 4 nitrogen and oxygen atoms in total. The smallest absolute Gasteiger partial charge is 0.315 e. The lowest BCUT2D eigenvalue weighted by Crippen LogP contribution is -2.20. The standard InChI is InChI=1S/C12H18ClN3O/c13-4-3-11-15-16-12(17-11)14-7-10-6-8-1-2-9(10)5-8/h8-10H,1-7H2,(H,14,16). The SMILES string of the molecule is ClCCc1nnc(NCC2CC3CCC2C3)o1. The third-order valence-electron chi connectivity index (χ3n) is 4.18. The molecule has 2 aliphatic rings. The Labute approximate surface area is 106 Å². The Bertz CT molecular complexity index is 382. The molecule has 94 valence electrons. The van der Waals surface area contributed by atoms with Crippen molar-refractivity contribution < 1.29 is 4.42 Å². The number of fused-ring (bicyclic) bond motifs is 2. The fourth-order valence-electron chi connectivity index (χ4n) is 3.35. The van der Waals surface area contributed by atoms with E-state index in [9.17, 15) is 0 Å². The monoisotopic (exact) mass is 255 g/mol. The van der Waals surface area contributed by atoms with Crippen molar-refractivity contribution >= 4 is 17.6 Å². The van der Waals surface area contributed by atoms with E-state index in [1.54, 1.807) is 0 Å². The third kappa shape index (κ3) is 2.41. The van der Waals surface area contributed by atoms with E-state index in [1.807, 2.05) is 0 Å². The van der Waals surface area contributed by atoms with Gasteiger partial charge in [-0.1, -0.05) is 11.5 Å². The molecule has 2 saturated carbocycles. The highest BCUT2D eigenvalue weighted by molar-refractivity contribution is 6.17. The van der Waals surface area contributed by atoms with Crippen LogP contribution in [0.1, 0.15) is 31.6 Å². The van der Waals surface area contributed by atoms with Crippen LogP contribution in [-0.4, -0.2) is 22.6 Å². The van der Waals surface area contributed by atoms with Crippen molar-refractivity contribution in [3.05, 3.63) is 5.89 Å². The largest absolute Gasteiger partial charge is 0.408 e. The number of nitrogens with one attached hydrogen (secondary N) is 1. The molecule has 0 spiro atoms. The summed E-state index contributed by atoms with van der Waals surface area (Å²) in [5.41, 5.74) is 0. The Morgan fingerprint density at radius 1 is 1.29 bits per heavy atom. The number of rotatable bonds is 5. The lowest BCUT2D eigenvalue weighted by atomic mass is 9.89. The Morgan fingerprint density at radius 2 is 2.24 bits per heavy atom. The van der Waals surface area contributed by atoms with Crippen LogP contribution in [0.25, 0.3) is 0 Å². The number of aryl methyl sites for hydroxylation is 1. The van der Waals surface area contributed by atoms with E-state index in [0.29, 0.717) is 24.2 Å². The molecule has 5 heteroatoms. The molecule has 2 fully saturated rings. The lowest BCUT2D eigenvalue weighted by molar-refractivity contribution is 0.345. The van der Waals surface area contributed by atoms with Gasteiger partial charge in [-0.15, -0.1) is 16.7 Å². The van der Waals surface area contributed by atoms with Crippen LogP contribution in [0.15, 0.2) is 4.42 Å². The quantitative estimate of drug-likeness (QED) is 0.822. The molecule has 1 N–H and O–H groups in total. The van der Waals surface area contributed by atoms with Gasteiger partial charge in [-0.05, 0) is 37.0 Å². The zero-order valence-corrected chi connectivity index (χ0v) is 10.6. The molecular weight excluding hydrogens is 238 g/mol. The van der Waals surface area contributed by atoms with Gasteiger partial charge in [0.1, 0.15) is 0 Å². The van der Waals surface area contributed by atoms with Crippen LogP contribution >= 0.6 is 11.6 Å². The topological polar surface area (TPSA) is 51.0 Å². The van der Waals surface area contributed by atoms with Crippen molar-refractivity contribution in [2.45, 2.75) is 32.1 Å². The summed E-state index contributed by atoms with van der Waals surface area (Å²) in [4.78, 5) is 0. The maximum Gasteiger partial charge on any atom is 0.315 e. The van der Waals surface area contributed by atoms with E-state index in [0.717, 1.165) is 24.3 Å². The second-order valence-corrected chi connectivity index (χ2v) is 5.63. The third-order valence-corrected chi connectivity index (χ3v) is 4.36. The summed E-state index contributed by atoms with van der Waals surface area (Å²) in [6.45, 7) is 0.976. The summed E-state index contributed by atoms with van der Waals surface area (Å²) in [5, 5.41) is 11.2. The molecule has 2 bridgehead atoms. The number of anilines is 1. The molecule has 1 heterocycles. The van der Waals surface area contributed by atoms with Crippen LogP contribution in [-0.2, 0) is 6.42 Å². The molecule has 0 aromatic carbocycles. The molecule has 1 aromatic heterocycles. The summed E-state index contributed by atoms with van der Waals surface area (Å²) in [5.74, 6) is 3.86. The van der Waals surface area contributed by atoms with Gasteiger partial charge in [-0.2, -0.15) is 0 Å². The minimum Gasteiger partial charge on any atom is -0.408 e. The van der Waals surface area contributed by atoms with Crippen LogP contribution in [0.5, 0.6) is 0 Å². The van der Waals surface area contributed by atoms with E-state index >= 15 is 0 Å². The molecule has 3 unspecified atom stereocenters. The second-order valence-electron chi connectivity index (χ2n) is 5.26. The summed E-state index contributed by atoms with van der Waals surface area (Å²) in [7, 11) is 0. The first-order valence-electron chi connectivity index (χ1n) is 6.47. The maximum absolute atomic E-state index is 5.62. The van der Waals surface area contributed by atoms with Gasteiger partial charge >= 0.3 is 6.01 Å². The summed E-state index contributed by atoms with van der Waals surface area (Å²) < 4.78 is 5.45. The fourth-order valence-corrected chi connectivity index (χ4v) is 3.51. The first kappa shape index (κ1) is 11.3. The number of hydrogen-bond acceptors (Lipinski definition) is 4. The van der Waals surface area contributed by atoms with Crippen molar-refractivity contribution in [2.24, 2.45) is 17.8 Å². The van der Waals surface area contributed by atoms with Gasteiger partial charge in [-0.25, -0.2) is 0 Å². The molecule has 0 saturated heterocycles. The maximum atomic E-state index is 5.62. The van der Waals surface area contributed by atoms with Crippen molar-refractivity contribution in [2.75, 3.05) is 17.7 Å². The first-order chi connectivity index (χ1) is 8.35. The van der Waals surface area contributed by atoms with E-state index in [1.165, 1.54) is 25.7 Å². The molecule has 17 heavy (non-hydrogen) atoms. The highest BCUT2D eigenvalue weighted by Crippen LogP contribution is 2.48. The Balaban J connectivity index is 1.50. The summed E-state index contributed by atoms with van der Waals surface area (Å²) in [6, 6.07) is 0.549. The zero-order chi connectivity index (χ0) is 11.7. The van der Waals surface area contributed by atoms with Crippen molar-refractivity contribution in [3.8, 4) is 0 Å². The first-order valence-corrected chi connectivity index (χ1v) is 7.01. The summed E-state index contributed by atoms with van der Waals surface area (Å²) >= 11 is 5.62. The van der Waals surface area contributed by atoms with Gasteiger partial charge in [0, 0.05) is 18.8 Å². The highest BCUT2D eigenvalue weighted by Gasteiger charge is 2.39. The molecule has 3 atom stereocenters. The van der Waals surface area contributed by atoms with Crippen molar-refractivity contribution in [3.63, 3.8) is 0 Å². The van der Waals surface area contributed by atoms with E-state index in [-0.39, 0.29) is 0 Å². The van der Waals surface area contributed by atoms with Gasteiger partial charge in [0.2, 0.25) is 5.89 Å². The molecule has 0 amide bonds. The normalized spacial score (nSPS) is 31.0. The van der Waals surface area contributed by atoms with Crippen LogP contribution in [0.3, 0.4) is 0 Å². The molecule has 0 radical (unpaired) electrons. The van der Waals surface area contributed by atoms with Gasteiger partial charge in [-0.3, -0.25) is 0 Å². The highest BCUT2D eigenvalue weighted by atomic mass is 35.5. The minimum absolute atomic E-state index is 0.522. The lowest BCUT2D eigenvalue weighted by Gasteiger charge is -2.21. The minimum atomic E-state index is 0.522. The van der Waals surface area contributed by atoms with E-state index in [4.69, 9.17) is 16.0 Å². The predicted octanol–water partition coefficient (Wildman–Crippen LogP) is 2.70.